The van der Waals surface area contributed by atoms with Crippen LogP contribution in [0.15, 0.2) is 71.9 Å². The number of hydrogen-bond acceptors (Lipinski definition) is 7. The van der Waals surface area contributed by atoms with Gasteiger partial charge in [0.2, 0.25) is 0 Å². The van der Waals surface area contributed by atoms with Crippen LogP contribution in [0.5, 0.6) is 11.5 Å². The molecule has 2 N–H and O–H groups in total. The number of ketones is 1. The standard InChI is InChI=1S/C29H29N3O5/c1-4-37-26-12-11-18(16-27(26)36-3)20-13-23-28(25(33)15-20)29(31-22-8-6-5-7-21(22)30-23)19-10-9-17(2)24(14-19)32(34)35/h5-12,14,16,20,29-31H,4,13,15H2,1-3H3/t20-,29+/m1/s1. The number of fused-ring (bicyclic) bond motifs is 1. The third-order valence-electron chi connectivity index (χ3n) is 7.03. The first-order valence-electron chi connectivity index (χ1n) is 12.3. The summed E-state index contributed by atoms with van der Waals surface area (Å²) in [5.74, 6) is 1.25. The number of allylic oxidation sites excluding steroid dienone is 1. The molecule has 0 radical (unpaired) electrons. The van der Waals surface area contributed by atoms with E-state index in [9.17, 15) is 14.9 Å². The van der Waals surface area contributed by atoms with Crippen molar-refractivity contribution >= 4 is 22.8 Å². The molecule has 190 valence electrons. The lowest BCUT2D eigenvalue weighted by molar-refractivity contribution is -0.385. The number of nitrogens with zero attached hydrogens (tertiary/aromatic N) is 1. The second-order valence-corrected chi connectivity index (χ2v) is 9.31. The Bertz CT molecular complexity index is 1410. The Morgan fingerprint density at radius 2 is 1.76 bits per heavy atom. The molecule has 0 spiro atoms. The number of nitro groups is 1. The van der Waals surface area contributed by atoms with E-state index in [-0.39, 0.29) is 22.3 Å². The van der Waals surface area contributed by atoms with Gasteiger partial charge in [0.05, 0.1) is 36.1 Å². The zero-order valence-electron chi connectivity index (χ0n) is 21.0. The fraction of sp³-hybridized carbons (Fsp3) is 0.276. The number of anilines is 2. The number of Topliss-reactive ketones (excluding diaryl/α,β-unsaturated/α-hetero) is 1. The summed E-state index contributed by atoms with van der Waals surface area (Å²) >= 11 is 0. The molecule has 0 fully saturated rings. The van der Waals surface area contributed by atoms with Crippen LogP contribution in [0.2, 0.25) is 0 Å². The van der Waals surface area contributed by atoms with Crippen molar-refractivity contribution in [3.8, 4) is 11.5 Å². The SMILES string of the molecule is CCOc1ccc([C@H]2CC(=O)C3=C(C2)Nc2ccccc2N[C@H]3c2ccc(C)c([N+](=O)[O-])c2)cc1OC. The summed E-state index contributed by atoms with van der Waals surface area (Å²) in [7, 11) is 1.61. The molecule has 8 nitrogen and oxygen atoms in total. The number of aryl methyl sites for hydroxylation is 1. The fourth-order valence-electron chi connectivity index (χ4n) is 5.19. The number of nitro benzene ring substituents is 1. The molecule has 1 aliphatic carbocycles. The van der Waals surface area contributed by atoms with E-state index in [2.05, 4.69) is 10.6 Å². The second kappa shape index (κ2) is 9.97. The first-order valence-corrected chi connectivity index (χ1v) is 12.3. The largest absolute Gasteiger partial charge is 0.493 e. The van der Waals surface area contributed by atoms with Gasteiger partial charge in [0.25, 0.3) is 5.69 Å². The van der Waals surface area contributed by atoms with Crippen LogP contribution in [0.4, 0.5) is 17.1 Å². The molecule has 8 heteroatoms. The number of para-hydroxylation sites is 2. The van der Waals surface area contributed by atoms with Crippen molar-refractivity contribution < 1.29 is 19.2 Å². The molecular weight excluding hydrogens is 470 g/mol. The van der Waals surface area contributed by atoms with Gasteiger partial charge in [0.15, 0.2) is 17.3 Å². The Morgan fingerprint density at radius 3 is 2.49 bits per heavy atom. The van der Waals surface area contributed by atoms with Gasteiger partial charge in [-0.15, -0.1) is 0 Å². The maximum Gasteiger partial charge on any atom is 0.272 e. The van der Waals surface area contributed by atoms with E-state index in [0.29, 0.717) is 47.6 Å². The van der Waals surface area contributed by atoms with Crippen LogP contribution in [0.25, 0.3) is 0 Å². The Kier molecular flexibility index (Phi) is 6.56. The predicted octanol–water partition coefficient (Wildman–Crippen LogP) is 6.29. The average molecular weight is 500 g/mol. The van der Waals surface area contributed by atoms with Gasteiger partial charge in [-0.05, 0) is 61.6 Å². The summed E-state index contributed by atoms with van der Waals surface area (Å²) in [6.07, 6.45) is 0.929. The highest BCUT2D eigenvalue weighted by atomic mass is 16.6. The summed E-state index contributed by atoms with van der Waals surface area (Å²) in [6.45, 7) is 4.16. The number of ether oxygens (including phenoxy) is 2. The highest BCUT2D eigenvalue weighted by Gasteiger charge is 2.36. The summed E-state index contributed by atoms with van der Waals surface area (Å²) in [6, 6.07) is 18.2. The maximum atomic E-state index is 13.8. The van der Waals surface area contributed by atoms with Crippen molar-refractivity contribution in [1.29, 1.82) is 0 Å². The fourth-order valence-corrected chi connectivity index (χ4v) is 5.19. The molecule has 1 aliphatic heterocycles. The van der Waals surface area contributed by atoms with Crippen LogP contribution >= 0.6 is 0 Å². The lowest BCUT2D eigenvalue weighted by Crippen LogP contribution is -2.27. The Balaban J connectivity index is 1.58. The molecule has 37 heavy (non-hydrogen) atoms. The van der Waals surface area contributed by atoms with Crippen molar-refractivity contribution in [2.75, 3.05) is 24.4 Å². The van der Waals surface area contributed by atoms with E-state index in [0.717, 1.165) is 22.6 Å². The molecule has 5 rings (SSSR count). The topological polar surface area (TPSA) is 103 Å². The molecule has 3 aromatic carbocycles. The Labute approximate surface area is 215 Å². The van der Waals surface area contributed by atoms with Crippen molar-refractivity contribution in [2.45, 2.75) is 38.6 Å². The van der Waals surface area contributed by atoms with Gasteiger partial charge in [-0.2, -0.15) is 0 Å². The van der Waals surface area contributed by atoms with Crippen molar-refractivity contribution in [3.63, 3.8) is 0 Å². The van der Waals surface area contributed by atoms with Crippen molar-refractivity contribution in [3.05, 3.63) is 98.7 Å². The second-order valence-electron chi connectivity index (χ2n) is 9.31. The van der Waals surface area contributed by atoms with Crippen molar-refractivity contribution in [1.82, 2.24) is 0 Å². The average Bonchev–Trinajstić information content (AvgIpc) is 3.06. The number of benzene rings is 3. The van der Waals surface area contributed by atoms with Crippen LogP contribution in [-0.2, 0) is 4.79 Å². The number of rotatable bonds is 6. The molecule has 0 aromatic heterocycles. The first-order chi connectivity index (χ1) is 17.9. The Morgan fingerprint density at radius 1 is 1.00 bits per heavy atom. The number of nitrogens with one attached hydrogen (secondary N) is 2. The van der Waals surface area contributed by atoms with Crippen molar-refractivity contribution in [2.24, 2.45) is 0 Å². The van der Waals surface area contributed by atoms with E-state index in [1.165, 1.54) is 0 Å². The van der Waals surface area contributed by atoms with E-state index in [4.69, 9.17) is 9.47 Å². The molecule has 2 aliphatic rings. The normalized spacial score (nSPS) is 18.6. The minimum atomic E-state index is -0.520. The minimum Gasteiger partial charge on any atom is -0.493 e. The van der Waals surface area contributed by atoms with Gasteiger partial charge >= 0.3 is 0 Å². The Hall–Kier alpha value is -4.33. The van der Waals surface area contributed by atoms with E-state index in [1.54, 1.807) is 26.2 Å². The smallest absolute Gasteiger partial charge is 0.272 e. The predicted molar refractivity (Wildman–Crippen MR) is 142 cm³/mol. The highest BCUT2D eigenvalue weighted by molar-refractivity contribution is 6.01. The van der Waals surface area contributed by atoms with Gasteiger partial charge in [0, 0.05) is 29.3 Å². The summed E-state index contributed by atoms with van der Waals surface area (Å²) in [5, 5.41) is 18.7. The number of methoxy groups -OCH3 is 1. The van der Waals surface area contributed by atoms with E-state index in [1.807, 2.05) is 55.5 Å². The molecule has 0 unspecified atom stereocenters. The third kappa shape index (κ3) is 4.62. The quantitative estimate of drug-likeness (QED) is 0.303. The van der Waals surface area contributed by atoms with Crippen LogP contribution in [0.1, 0.15) is 48.4 Å². The molecule has 0 saturated carbocycles. The van der Waals surface area contributed by atoms with Crippen LogP contribution < -0.4 is 20.1 Å². The first kappa shape index (κ1) is 24.4. The van der Waals surface area contributed by atoms with Gasteiger partial charge < -0.3 is 20.1 Å². The lowest BCUT2D eigenvalue weighted by atomic mass is 9.78. The molecular formula is C29H29N3O5. The third-order valence-corrected chi connectivity index (χ3v) is 7.03. The van der Waals surface area contributed by atoms with E-state index >= 15 is 0 Å². The van der Waals surface area contributed by atoms with Gasteiger partial charge in [-0.25, -0.2) is 0 Å². The molecule has 2 atom stereocenters. The van der Waals surface area contributed by atoms with Crippen LogP contribution in [-0.4, -0.2) is 24.4 Å². The molecule has 0 amide bonds. The van der Waals surface area contributed by atoms with Crippen LogP contribution in [0.3, 0.4) is 0 Å². The number of carbonyl (C=O) groups excluding carboxylic acids is 1. The summed E-state index contributed by atoms with van der Waals surface area (Å²) in [4.78, 5) is 25.1. The summed E-state index contributed by atoms with van der Waals surface area (Å²) in [5.41, 5.74) is 5.41. The van der Waals surface area contributed by atoms with Gasteiger partial charge in [0.1, 0.15) is 0 Å². The number of hydrogen-bond donors (Lipinski definition) is 2. The molecule has 0 bridgehead atoms. The number of carbonyl (C=O) groups is 1. The zero-order valence-corrected chi connectivity index (χ0v) is 21.0. The van der Waals surface area contributed by atoms with Gasteiger partial charge in [-0.3, -0.25) is 14.9 Å². The highest BCUT2D eigenvalue weighted by Crippen LogP contribution is 2.45. The monoisotopic (exact) mass is 499 g/mol. The summed E-state index contributed by atoms with van der Waals surface area (Å²) < 4.78 is 11.2. The molecule has 1 heterocycles. The van der Waals surface area contributed by atoms with Gasteiger partial charge in [-0.1, -0.05) is 30.3 Å². The zero-order chi connectivity index (χ0) is 26.1. The molecule has 3 aromatic rings. The van der Waals surface area contributed by atoms with Crippen LogP contribution in [0, 0.1) is 17.0 Å². The minimum absolute atomic E-state index is 0.000126. The molecule has 0 saturated heterocycles. The lowest BCUT2D eigenvalue weighted by Gasteiger charge is -2.30. The maximum absolute atomic E-state index is 13.8. The van der Waals surface area contributed by atoms with E-state index < -0.39 is 6.04 Å².